The molecule has 12 rings (SSSR count). The summed E-state index contributed by atoms with van der Waals surface area (Å²) in [6, 6.07) is 64.4. The van der Waals surface area contributed by atoms with Gasteiger partial charge in [0.05, 0.1) is 29.5 Å². The topological polar surface area (TPSA) is 67.3 Å². The highest BCUT2D eigenvalue weighted by Gasteiger charge is 2.31. The monoisotopic (exact) mass is 736 g/mol. The van der Waals surface area contributed by atoms with E-state index in [-0.39, 0.29) is 18.5 Å². The molecule has 0 saturated carbocycles. The lowest BCUT2D eigenvalue weighted by Gasteiger charge is -2.39. The third kappa shape index (κ3) is 5.23. The summed E-state index contributed by atoms with van der Waals surface area (Å²) < 4.78 is 15.4. The third-order valence-corrected chi connectivity index (χ3v) is 11.7. The van der Waals surface area contributed by atoms with E-state index in [1.165, 1.54) is 32.9 Å². The molecule has 6 nitrogen and oxygen atoms in total. The number of nitrogens with one attached hydrogen (secondary N) is 3. The van der Waals surface area contributed by atoms with Crippen molar-refractivity contribution in [2.75, 3.05) is 0 Å². The molecular weight excluding hydrogens is 701 g/mol. The summed E-state index contributed by atoms with van der Waals surface area (Å²) in [5, 5.41) is 18.4. The molecule has 2 atom stereocenters. The minimum absolute atomic E-state index is 0.0683. The zero-order chi connectivity index (χ0) is 37.5. The number of hydrogen-bond acceptors (Lipinski definition) is 5. The van der Waals surface area contributed by atoms with Gasteiger partial charge in [0, 0.05) is 44.1 Å². The van der Waals surface area contributed by atoms with Crippen LogP contribution in [-0.4, -0.2) is 4.57 Å². The summed E-state index contributed by atoms with van der Waals surface area (Å²) in [6.07, 6.45) is -0.293. The Bertz CT molecular complexity index is 3210. The second-order valence-corrected chi connectivity index (χ2v) is 15.0. The average molecular weight is 737 g/mol. The van der Waals surface area contributed by atoms with Gasteiger partial charge in [0.1, 0.15) is 22.3 Å². The van der Waals surface area contributed by atoms with Crippen LogP contribution in [0.4, 0.5) is 0 Å². The predicted molar refractivity (Wildman–Crippen MR) is 231 cm³/mol. The van der Waals surface area contributed by atoms with E-state index in [0.717, 1.165) is 66.3 Å². The first-order valence-electron chi connectivity index (χ1n) is 19.5. The number of nitrogens with zero attached hydrogens (tertiary/aromatic N) is 1. The van der Waals surface area contributed by atoms with Gasteiger partial charge in [0.15, 0.2) is 0 Å². The van der Waals surface area contributed by atoms with E-state index in [1.807, 2.05) is 0 Å². The Morgan fingerprint density at radius 3 is 1.60 bits per heavy atom. The van der Waals surface area contributed by atoms with Crippen molar-refractivity contribution in [3.05, 3.63) is 199 Å². The van der Waals surface area contributed by atoms with E-state index in [0.29, 0.717) is 0 Å². The van der Waals surface area contributed by atoms with E-state index >= 15 is 0 Å². The summed E-state index contributed by atoms with van der Waals surface area (Å²) in [6.45, 7) is 0. The number of aromatic nitrogens is 1. The maximum atomic E-state index is 6.54. The van der Waals surface area contributed by atoms with Gasteiger partial charge in [-0.3, -0.25) is 16.0 Å². The van der Waals surface area contributed by atoms with E-state index in [9.17, 15) is 0 Å². The molecule has 3 aromatic heterocycles. The van der Waals surface area contributed by atoms with Gasteiger partial charge < -0.3 is 13.4 Å². The Morgan fingerprint density at radius 1 is 0.368 bits per heavy atom. The summed E-state index contributed by atoms with van der Waals surface area (Å²) in [5.41, 5.74) is 12.7. The normalized spacial score (nSPS) is 17.4. The third-order valence-electron chi connectivity index (χ3n) is 11.7. The van der Waals surface area contributed by atoms with Crippen molar-refractivity contribution in [3.8, 4) is 16.8 Å². The largest absolute Gasteiger partial charge is 0.456 e. The van der Waals surface area contributed by atoms with Gasteiger partial charge in [-0.05, 0) is 82.4 Å². The molecule has 1 aliphatic rings. The van der Waals surface area contributed by atoms with E-state index in [1.54, 1.807) is 0 Å². The second-order valence-electron chi connectivity index (χ2n) is 15.0. The molecule has 57 heavy (non-hydrogen) atoms. The molecule has 4 heterocycles. The average Bonchev–Trinajstić information content (AvgIpc) is 3.95. The van der Waals surface area contributed by atoms with Crippen molar-refractivity contribution in [2.24, 2.45) is 0 Å². The van der Waals surface area contributed by atoms with Crippen LogP contribution in [0.1, 0.15) is 35.2 Å². The van der Waals surface area contributed by atoms with Crippen molar-refractivity contribution < 1.29 is 8.83 Å². The van der Waals surface area contributed by atoms with Crippen molar-refractivity contribution >= 4 is 65.7 Å². The molecule has 2 unspecified atom stereocenters. The maximum Gasteiger partial charge on any atom is 0.137 e. The fourth-order valence-corrected chi connectivity index (χ4v) is 9.06. The van der Waals surface area contributed by atoms with E-state index in [4.69, 9.17) is 8.83 Å². The number of furan rings is 2. The van der Waals surface area contributed by atoms with Gasteiger partial charge >= 0.3 is 0 Å². The van der Waals surface area contributed by atoms with Crippen molar-refractivity contribution in [3.63, 3.8) is 0 Å². The summed E-state index contributed by atoms with van der Waals surface area (Å²) >= 11 is 0. The number of benzene rings is 8. The number of para-hydroxylation sites is 2. The molecule has 11 aromatic rings. The zero-order valence-corrected chi connectivity index (χ0v) is 30.8. The highest BCUT2D eigenvalue weighted by atomic mass is 16.3. The minimum Gasteiger partial charge on any atom is -0.456 e. The lowest BCUT2D eigenvalue weighted by atomic mass is 9.97. The fourth-order valence-electron chi connectivity index (χ4n) is 9.06. The van der Waals surface area contributed by atoms with Crippen LogP contribution in [0.2, 0.25) is 0 Å². The van der Waals surface area contributed by atoms with Gasteiger partial charge in [-0.1, -0.05) is 121 Å². The first kappa shape index (κ1) is 32.3. The molecule has 0 radical (unpaired) electrons. The van der Waals surface area contributed by atoms with Gasteiger partial charge in [-0.15, -0.1) is 0 Å². The molecule has 3 N–H and O–H groups in total. The Kier molecular flexibility index (Phi) is 7.25. The van der Waals surface area contributed by atoms with Crippen molar-refractivity contribution in [1.82, 2.24) is 20.5 Å². The molecule has 272 valence electrons. The molecule has 0 aliphatic carbocycles. The second kappa shape index (κ2) is 12.8. The zero-order valence-electron chi connectivity index (χ0n) is 30.8. The number of fused-ring (bicyclic) bond motifs is 9. The van der Waals surface area contributed by atoms with Crippen LogP contribution < -0.4 is 16.0 Å². The lowest BCUT2D eigenvalue weighted by molar-refractivity contribution is 0.204. The minimum atomic E-state index is -0.157. The van der Waals surface area contributed by atoms with Crippen LogP contribution >= 0.6 is 0 Å². The van der Waals surface area contributed by atoms with E-state index < -0.39 is 0 Å². The molecular formula is C51H36N4O2. The molecule has 1 fully saturated rings. The van der Waals surface area contributed by atoms with Crippen LogP contribution in [0.3, 0.4) is 0 Å². The summed E-state index contributed by atoms with van der Waals surface area (Å²) in [7, 11) is 0. The Morgan fingerprint density at radius 2 is 0.930 bits per heavy atom. The summed E-state index contributed by atoms with van der Waals surface area (Å²) in [4.78, 5) is 0. The van der Waals surface area contributed by atoms with Gasteiger partial charge in [0.25, 0.3) is 0 Å². The predicted octanol–water partition coefficient (Wildman–Crippen LogP) is 12.4. The SMILES string of the molecule is c1ccc(C2NC(c3ccccc3)NC(c3cccc4oc5ccc(-c6ccc7oc8cc(-n9c%10ccccc%10c%10ccccc%109)ccc8c7c6)cc5c34)N2)cc1. The van der Waals surface area contributed by atoms with E-state index in [2.05, 4.69) is 203 Å². The first-order chi connectivity index (χ1) is 28.2. The molecule has 0 amide bonds. The van der Waals surface area contributed by atoms with Crippen molar-refractivity contribution in [2.45, 2.75) is 18.5 Å². The molecule has 8 aromatic carbocycles. The highest BCUT2D eigenvalue weighted by molar-refractivity contribution is 6.11. The maximum absolute atomic E-state index is 6.54. The van der Waals surface area contributed by atoms with Crippen LogP contribution in [0.15, 0.2) is 191 Å². The molecule has 1 aliphatic heterocycles. The Labute approximate surface area is 327 Å². The molecule has 1 saturated heterocycles. The Balaban J connectivity index is 0.947. The number of hydrogen-bond donors (Lipinski definition) is 3. The fraction of sp³-hybridized carbons (Fsp3) is 0.0588. The highest BCUT2D eigenvalue weighted by Crippen LogP contribution is 2.40. The van der Waals surface area contributed by atoms with Crippen LogP contribution in [0.25, 0.3) is 82.5 Å². The van der Waals surface area contributed by atoms with Gasteiger partial charge in [0.2, 0.25) is 0 Å². The van der Waals surface area contributed by atoms with Gasteiger partial charge in [-0.25, -0.2) is 0 Å². The first-order valence-corrected chi connectivity index (χ1v) is 19.5. The lowest BCUT2D eigenvalue weighted by Crippen LogP contribution is -2.54. The van der Waals surface area contributed by atoms with Crippen LogP contribution in [0, 0.1) is 0 Å². The molecule has 0 bridgehead atoms. The van der Waals surface area contributed by atoms with Gasteiger partial charge in [-0.2, -0.15) is 0 Å². The number of rotatable bonds is 5. The Hall–Kier alpha value is -6.96. The standard InChI is InChI=1S/C51H36N4O2/c1-3-12-31(13-4-1)49-52-50(32-14-5-2-6-15-32)54-51(53-49)39-18-11-21-46-48(39)41-29-34(23-27-45(41)56-46)33-22-26-44-40(28-33)38-25-24-35(30-47(38)57-44)55-42-19-9-7-16-36(42)37-17-8-10-20-43(37)55/h1-30,49-54H. The smallest absolute Gasteiger partial charge is 0.137 e. The molecule has 6 heteroatoms. The molecule has 0 spiro atoms. The van der Waals surface area contributed by atoms with Crippen LogP contribution in [-0.2, 0) is 0 Å². The van der Waals surface area contributed by atoms with Crippen LogP contribution in [0.5, 0.6) is 0 Å². The summed E-state index contributed by atoms with van der Waals surface area (Å²) in [5.74, 6) is 0. The quantitative estimate of drug-likeness (QED) is 0.164. The van der Waals surface area contributed by atoms with Crippen molar-refractivity contribution in [1.29, 1.82) is 0 Å².